The Hall–Kier alpha value is -1.00. The Bertz CT molecular complexity index is 436. The van der Waals surface area contributed by atoms with Crippen molar-refractivity contribution in [3.8, 4) is 0 Å². The Balaban J connectivity index is 2.42. The van der Waals surface area contributed by atoms with Crippen LogP contribution in [0.25, 0.3) is 0 Å². The van der Waals surface area contributed by atoms with Crippen LogP contribution in [0.2, 0.25) is 0 Å². The van der Waals surface area contributed by atoms with E-state index in [0.29, 0.717) is 13.0 Å². The van der Waals surface area contributed by atoms with E-state index < -0.39 is 17.2 Å². The van der Waals surface area contributed by atoms with E-state index in [1.54, 1.807) is 0 Å². The maximum atomic E-state index is 13.9. The van der Waals surface area contributed by atoms with Crippen LogP contribution < -0.4 is 0 Å². The number of hydrogen-bond donors (Lipinski definition) is 1. The summed E-state index contributed by atoms with van der Waals surface area (Å²) in [5.74, 6) is -1.77. The molecule has 1 saturated heterocycles. The number of likely N-dealkylation sites (N-methyl/N-ethyl adjacent to an activating group) is 1. The van der Waals surface area contributed by atoms with Crippen LogP contribution in [0.5, 0.6) is 0 Å². The van der Waals surface area contributed by atoms with Gasteiger partial charge in [-0.15, -0.1) is 0 Å². The first kappa shape index (κ1) is 12.5. The van der Waals surface area contributed by atoms with E-state index >= 15 is 0 Å². The largest absolute Gasteiger partial charge is 0.384 e. The predicted octanol–water partition coefficient (Wildman–Crippen LogP) is 2.19. The van der Waals surface area contributed by atoms with Crippen molar-refractivity contribution >= 4 is 0 Å². The Labute approximate surface area is 99.9 Å². The van der Waals surface area contributed by atoms with Gasteiger partial charge < -0.3 is 10.0 Å². The molecule has 1 aromatic rings. The Morgan fingerprint density at radius 1 is 1.29 bits per heavy atom. The van der Waals surface area contributed by atoms with Crippen molar-refractivity contribution in [3.63, 3.8) is 0 Å². The van der Waals surface area contributed by atoms with E-state index in [1.807, 2.05) is 11.9 Å². The summed E-state index contributed by atoms with van der Waals surface area (Å²) >= 11 is 0. The number of nitrogens with zero attached hydrogens (tertiary/aromatic N) is 1. The summed E-state index contributed by atoms with van der Waals surface area (Å²) < 4.78 is 27.4. The molecule has 1 fully saturated rings. The summed E-state index contributed by atoms with van der Waals surface area (Å²) in [6.45, 7) is 2.73. The zero-order valence-corrected chi connectivity index (χ0v) is 10.1. The number of hydrogen-bond acceptors (Lipinski definition) is 2. The number of aliphatic hydroxyl groups is 1. The van der Waals surface area contributed by atoms with Crippen LogP contribution in [-0.4, -0.2) is 30.1 Å². The van der Waals surface area contributed by atoms with Gasteiger partial charge in [0.25, 0.3) is 0 Å². The molecular weight excluding hydrogens is 224 g/mol. The first-order valence-corrected chi connectivity index (χ1v) is 5.80. The van der Waals surface area contributed by atoms with Crippen LogP contribution >= 0.6 is 0 Å². The highest BCUT2D eigenvalue weighted by Crippen LogP contribution is 2.33. The first-order valence-electron chi connectivity index (χ1n) is 5.80. The number of benzene rings is 1. The van der Waals surface area contributed by atoms with Gasteiger partial charge in [0.2, 0.25) is 0 Å². The average Bonchev–Trinajstić information content (AvgIpc) is 2.25. The van der Waals surface area contributed by atoms with Gasteiger partial charge in [-0.3, -0.25) is 0 Å². The predicted molar refractivity (Wildman–Crippen MR) is 61.7 cm³/mol. The van der Waals surface area contributed by atoms with Crippen LogP contribution in [0.15, 0.2) is 12.1 Å². The van der Waals surface area contributed by atoms with E-state index in [2.05, 4.69) is 0 Å². The molecule has 0 spiro atoms. The first-order chi connectivity index (χ1) is 7.94. The lowest BCUT2D eigenvalue weighted by Gasteiger charge is -2.38. The Morgan fingerprint density at radius 2 is 2.00 bits per heavy atom. The topological polar surface area (TPSA) is 23.5 Å². The lowest BCUT2D eigenvalue weighted by Crippen LogP contribution is -2.44. The Kier molecular flexibility index (Phi) is 3.19. The fraction of sp³-hybridized carbons (Fsp3) is 0.538. The van der Waals surface area contributed by atoms with Crippen molar-refractivity contribution in [1.29, 1.82) is 0 Å². The van der Waals surface area contributed by atoms with Gasteiger partial charge in [0.05, 0.1) is 0 Å². The number of halogens is 2. The van der Waals surface area contributed by atoms with Crippen molar-refractivity contribution in [2.24, 2.45) is 0 Å². The molecule has 17 heavy (non-hydrogen) atoms. The molecule has 4 heteroatoms. The molecule has 1 aliphatic rings. The standard InChI is InChI=1S/C13H17F2NO/c1-9-4-5-10(12(15)11(9)14)13(17)6-3-7-16(2)8-13/h4-5,17H,3,6-8H2,1-2H3. The minimum Gasteiger partial charge on any atom is -0.384 e. The number of rotatable bonds is 1. The third-order valence-electron chi connectivity index (χ3n) is 3.44. The van der Waals surface area contributed by atoms with E-state index in [9.17, 15) is 13.9 Å². The molecule has 94 valence electrons. The maximum absolute atomic E-state index is 13.9. The molecule has 1 aromatic carbocycles. The van der Waals surface area contributed by atoms with E-state index in [-0.39, 0.29) is 11.1 Å². The van der Waals surface area contributed by atoms with Crippen molar-refractivity contribution in [1.82, 2.24) is 4.90 Å². The van der Waals surface area contributed by atoms with Gasteiger partial charge in [-0.05, 0) is 38.9 Å². The van der Waals surface area contributed by atoms with Crippen molar-refractivity contribution < 1.29 is 13.9 Å². The number of likely N-dealkylation sites (tertiary alicyclic amines) is 1. The van der Waals surface area contributed by atoms with Gasteiger partial charge in [0.15, 0.2) is 11.6 Å². The molecule has 1 unspecified atom stereocenters. The molecule has 1 heterocycles. The van der Waals surface area contributed by atoms with Gasteiger partial charge >= 0.3 is 0 Å². The monoisotopic (exact) mass is 241 g/mol. The number of piperidine rings is 1. The van der Waals surface area contributed by atoms with Crippen LogP contribution in [-0.2, 0) is 5.60 Å². The van der Waals surface area contributed by atoms with Gasteiger partial charge in [0, 0.05) is 12.1 Å². The highest BCUT2D eigenvalue weighted by Gasteiger charge is 2.36. The molecule has 0 amide bonds. The maximum Gasteiger partial charge on any atom is 0.165 e. The molecule has 2 rings (SSSR count). The second-order valence-corrected chi connectivity index (χ2v) is 4.93. The van der Waals surface area contributed by atoms with Crippen LogP contribution in [0.3, 0.4) is 0 Å². The lowest BCUT2D eigenvalue weighted by atomic mass is 9.85. The normalized spacial score (nSPS) is 26.2. The SMILES string of the molecule is Cc1ccc(C2(O)CCCN(C)C2)c(F)c1F. The van der Waals surface area contributed by atoms with Gasteiger partial charge in [-0.1, -0.05) is 12.1 Å². The van der Waals surface area contributed by atoms with Crippen molar-refractivity contribution in [2.75, 3.05) is 20.1 Å². The summed E-state index contributed by atoms with van der Waals surface area (Å²) in [5, 5.41) is 10.5. The van der Waals surface area contributed by atoms with Crippen molar-refractivity contribution in [3.05, 3.63) is 34.9 Å². The lowest BCUT2D eigenvalue weighted by molar-refractivity contribution is -0.0308. The second kappa shape index (κ2) is 4.35. The highest BCUT2D eigenvalue weighted by molar-refractivity contribution is 5.30. The van der Waals surface area contributed by atoms with Crippen LogP contribution in [0, 0.1) is 18.6 Å². The summed E-state index contributed by atoms with van der Waals surface area (Å²) in [4.78, 5) is 1.93. The third kappa shape index (κ3) is 2.19. The quantitative estimate of drug-likeness (QED) is 0.814. The molecule has 0 aromatic heterocycles. The third-order valence-corrected chi connectivity index (χ3v) is 3.44. The van der Waals surface area contributed by atoms with Gasteiger partial charge in [0.1, 0.15) is 5.60 Å². The van der Waals surface area contributed by atoms with Gasteiger partial charge in [-0.2, -0.15) is 0 Å². The fourth-order valence-electron chi connectivity index (χ4n) is 2.47. The highest BCUT2D eigenvalue weighted by atomic mass is 19.2. The Morgan fingerprint density at radius 3 is 2.65 bits per heavy atom. The van der Waals surface area contributed by atoms with Crippen LogP contribution in [0.4, 0.5) is 8.78 Å². The molecule has 0 aliphatic carbocycles. The zero-order chi connectivity index (χ0) is 12.6. The minimum absolute atomic E-state index is 0.0761. The average molecular weight is 241 g/mol. The summed E-state index contributed by atoms with van der Waals surface area (Å²) in [6.07, 6.45) is 1.25. The molecule has 0 radical (unpaired) electrons. The molecule has 1 N–H and O–H groups in total. The fourth-order valence-corrected chi connectivity index (χ4v) is 2.47. The van der Waals surface area contributed by atoms with E-state index in [1.165, 1.54) is 19.1 Å². The molecule has 2 nitrogen and oxygen atoms in total. The second-order valence-electron chi connectivity index (χ2n) is 4.93. The zero-order valence-electron chi connectivity index (χ0n) is 10.1. The minimum atomic E-state index is -1.27. The number of β-amino-alcohol motifs (C(OH)–C–C–N with tert-alkyl or cyclic N) is 1. The van der Waals surface area contributed by atoms with Gasteiger partial charge in [-0.25, -0.2) is 8.78 Å². The van der Waals surface area contributed by atoms with Crippen LogP contribution in [0.1, 0.15) is 24.0 Å². The molecule has 1 atom stereocenters. The smallest absolute Gasteiger partial charge is 0.165 e. The van der Waals surface area contributed by atoms with Crippen molar-refractivity contribution in [2.45, 2.75) is 25.4 Å². The summed E-state index contributed by atoms with van der Waals surface area (Å²) in [7, 11) is 1.87. The molecule has 1 aliphatic heterocycles. The van der Waals surface area contributed by atoms with E-state index in [0.717, 1.165) is 13.0 Å². The number of aryl methyl sites for hydroxylation is 1. The molecule has 0 saturated carbocycles. The molecule has 0 bridgehead atoms. The molecular formula is C13H17F2NO. The summed E-state index contributed by atoms with van der Waals surface area (Å²) in [6, 6.07) is 3.01. The summed E-state index contributed by atoms with van der Waals surface area (Å²) in [5.41, 5.74) is -0.933. The van der Waals surface area contributed by atoms with E-state index in [4.69, 9.17) is 0 Å².